The number of carbonyl (C=O) groups excluding carboxylic acids is 1. The van der Waals surface area contributed by atoms with E-state index in [0.29, 0.717) is 17.8 Å². The van der Waals surface area contributed by atoms with Gasteiger partial charge >= 0.3 is 5.97 Å². The Morgan fingerprint density at radius 2 is 2.11 bits per heavy atom. The number of carbonyl (C=O) groups is 1. The zero-order valence-corrected chi connectivity index (χ0v) is 16.7. The number of benzene rings is 1. The first-order chi connectivity index (χ1) is 12.9. The van der Waals surface area contributed by atoms with Crippen LogP contribution in [-0.2, 0) is 16.0 Å². The van der Waals surface area contributed by atoms with E-state index in [-0.39, 0.29) is 11.4 Å². The molecule has 2 saturated carbocycles. The van der Waals surface area contributed by atoms with Crippen molar-refractivity contribution in [2.75, 3.05) is 7.11 Å². The van der Waals surface area contributed by atoms with Crippen LogP contribution in [0, 0.1) is 17.3 Å². The first-order valence-corrected chi connectivity index (χ1v) is 10.2. The molecule has 144 valence electrons. The summed E-state index contributed by atoms with van der Waals surface area (Å²) in [7, 11) is 1.74. The van der Waals surface area contributed by atoms with Crippen LogP contribution in [0.15, 0.2) is 36.6 Å². The molecule has 1 aromatic carbocycles. The number of rotatable bonds is 3. The molecule has 3 nitrogen and oxygen atoms in total. The van der Waals surface area contributed by atoms with Crippen LogP contribution in [0.5, 0.6) is 5.75 Å². The van der Waals surface area contributed by atoms with Gasteiger partial charge in [-0.1, -0.05) is 19.6 Å². The van der Waals surface area contributed by atoms with Crippen LogP contribution in [-0.4, -0.2) is 18.7 Å². The number of methoxy groups -OCH3 is 1. The number of hydrogen-bond acceptors (Lipinski definition) is 3. The van der Waals surface area contributed by atoms with Crippen LogP contribution in [0.25, 0.3) is 0 Å². The number of esters is 1. The maximum absolute atomic E-state index is 11.9. The number of hydrogen-bond donors (Lipinski definition) is 0. The van der Waals surface area contributed by atoms with Crippen molar-refractivity contribution in [1.29, 1.82) is 0 Å². The van der Waals surface area contributed by atoms with Gasteiger partial charge in [0.1, 0.15) is 11.4 Å². The van der Waals surface area contributed by atoms with Gasteiger partial charge < -0.3 is 9.47 Å². The van der Waals surface area contributed by atoms with E-state index in [1.165, 1.54) is 24.5 Å². The highest BCUT2D eigenvalue weighted by Crippen LogP contribution is 2.65. The van der Waals surface area contributed by atoms with Crippen molar-refractivity contribution in [3.63, 3.8) is 0 Å². The summed E-state index contributed by atoms with van der Waals surface area (Å²) >= 11 is 0. The fourth-order valence-electron chi connectivity index (χ4n) is 6.57. The predicted molar refractivity (Wildman–Crippen MR) is 106 cm³/mol. The smallest absolute Gasteiger partial charge is 0.303 e. The van der Waals surface area contributed by atoms with Crippen molar-refractivity contribution < 1.29 is 14.3 Å². The maximum Gasteiger partial charge on any atom is 0.303 e. The van der Waals surface area contributed by atoms with Crippen molar-refractivity contribution in [2.45, 2.75) is 63.9 Å². The fraction of sp³-hybridized carbons (Fsp3) is 0.583. The van der Waals surface area contributed by atoms with Gasteiger partial charge in [0.15, 0.2) is 0 Å². The van der Waals surface area contributed by atoms with E-state index in [1.54, 1.807) is 7.11 Å². The maximum atomic E-state index is 11.9. The van der Waals surface area contributed by atoms with Crippen LogP contribution >= 0.6 is 0 Å². The fourth-order valence-corrected chi connectivity index (χ4v) is 6.57. The van der Waals surface area contributed by atoms with Crippen molar-refractivity contribution in [1.82, 2.24) is 0 Å². The number of fused-ring (bicyclic) bond motifs is 5. The molecule has 1 aromatic rings. The van der Waals surface area contributed by atoms with Crippen LogP contribution < -0.4 is 4.74 Å². The summed E-state index contributed by atoms with van der Waals surface area (Å²) in [5.41, 5.74) is 5.34. The highest BCUT2D eigenvalue weighted by atomic mass is 16.6. The molecule has 2 fully saturated rings. The lowest BCUT2D eigenvalue weighted by atomic mass is 9.53. The Hall–Kier alpha value is -1.99. The van der Waals surface area contributed by atoms with Gasteiger partial charge in [-0.2, -0.15) is 0 Å². The molecule has 3 aliphatic carbocycles. The van der Waals surface area contributed by atoms with Crippen molar-refractivity contribution in [3.05, 3.63) is 47.7 Å². The number of ether oxygens (including phenoxy) is 2. The van der Waals surface area contributed by atoms with Gasteiger partial charge in [-0.25, -0.2) is 0 Å². The van der Waals surface area contributed by atoms with E-state index in [1.807, 2.05) is 6.08 Å². The molecule has 5 atom stereocenters. The first-order valence-electron chi connectivity index (χ1n) is 10.2. The van der Waals surface area contributed by atoms with Gasteiger partial charge in [0.05, 0.1) is 7.11 Å². The molecule has 0 unspecified atom stereocenters. The predicted octanol–water partition coefficient (Wildman–Crippen LogP) is 5.19. The van der Waals surface area contributed by atoms with Gasteiger partial charge in [-0.15, -0.1) is 5.73 Å². The van der Waals surface area contributed by atoms with Crippen LogP contribution in [0.3, 0.4) is 0 Å². The summed E-state index contributed by atoms with van der Waals surface area (Å²) in [6.45, 7) is 7.64. The van der Waals surface area contributed by atoms with Gasteiger partial charge in [0.25, 0.3) is 0 Å². The molecule has 3 heteroatoms. The molecular formula is C24H30O3. The minimum Gasteiger partial charge on any atom is -0.497 e. The van der Waals surface area contributed by atoms with E-state index in [0.717, 1.165) is 37.9 Å². The van der Waals surface area contributed by atoms with Gasteiger partial charge in [0, 0.05) is 18.4 Å². The summed E-state index contributed by atoms with van der Waals surface area (Å²) in [5, 5.41) is 0. The average molecular weight is 367 g/mol. The normalized spacial score (nSPS) is 36.6. The molecule has 0 radical (unpaired) electrons. The molecule has 27 heavy (non-hydrogen) atoms. The molecule has 3 aliphatic rings. The summed E-state index contributed by atoms with van der Waals surface area (Å²) in [5.74, 6) is 2.58. The second-order valence-corrected chi connectivity index (χ2v) is 8.81. The van der Waals surface area contributed by atoms with E-state index < -0.39 is 5.60 Å². The molecule has 0 heterocycles. The van der Waals surface area contributed by atoms with E-state index in [2.05, 4.69) is 37.4 Å². The van der Waals surface area contributed by atoms with E-state index in [9.17, 15) is 4.79 Å². The monoisotopic (exact) mass is 366 g/mol. The second-order valence-electron chi connectivity index (χ2n) is 8.81. The minimum absolute atomic E-state index is 0.0332. The summed E-state index contributed by atoms with van der Waals surface area (Å²) in [4.78, 5) is 11.9. The quantitative estimate of drug-likeness (QED) is 0.545. The average Bonchev–Trinajstić information content (AvgIpc) is 2.93. The minimum atomic E-state index is -0.545. The van der Waals surface area contributed by atoms with Crippen LogP contribution in [0.4, 0.5) is 0 Å². The zero-order valence-electron chi connectivity index (χ0n) is 16.7. The van der Waals surface area contributed by atoms with Gasteiger partial charge in [0.2, 0.25) is 0 Å². The highest BCUT2D eigenvalue weighted by Gasteiger charge is 2.63. The van der Waals surface area contributed by atoms with Crippen molar-refractivity contribution in [3.8, 4) is 5.75 Å². The van der Waals surface area contributed by atoms with Crippen molar-refractivity contribution >= 4 is 5.97 Å². The topological polar surface area (TPSA) is 35.5 Å². The lowest BCUT2D eigenvalue weighted by Gasteiger charge is -2.53. The first kappa shape index (κ1) is 18.4. The molecule has 0 amide bonds. The Labute approximate surface area is 162 Å². The lowest BCUT2D eigenvalue weighted by molar-refractivity contribution is -0.167. The molecule has 0 aliphatic heterocycles. The third-order valence-corrected chi connectivity index (χ3v) is 7.78. The Bertz CT molecular complexity index is 806. The van der Waals surface area contributed by atoms with Crippen LogP contribution in [0.2, 0.25) is 0 Å². The third-order valence-electron chi connectivity index (χ3n) is 7.78. The number of aryl methyl sites for hydroxylation is 1. The van der Waals surface area contributed by atoms with E-state index >= 15 is 0 Å². The van der Waals surface area contributed by atoms with Crippen LogP contribution in [0.1, 0.15) is 63.0 Å². The summed E-state index contributed by atoms with van der Waals surface area (Å²) in [6, 6.07) is 6.61. The SMILES string of the molecule is C=C=C[C@]1(OC(C)=O)CC[C@H]2[C@@H]3CCc4cc(OC)ccc4[C@H]3CC[C@@]21C. The highest BCUT2D eigenvalue weighted by molar-refractivity contribution is 5.67. The Morgan fingerprint density at radius 3 is 2.81 bits per heavy atom. The third kappa shape index (κ3) is 2.67. The molecule has 0 N–H and O–H groups in total. The standard InChI is InChI=1S/C24H30O3/c1-5-12-24(27-16(2)25)14-11-22-21-8-6-17-15-18(26-4)7-9-19(17)20(21)10-13-23(22,24)3/h7,9,12,15,20-22H,1,6,8,10-11,13-14H2,2-4H3/t20-,21-,22+,23+,24+/m1/s1. The van der Waals surface area contributed by atoms with Crippen molar-refractivity contribution in [2.24, 2.45) is 17.3 Å². The molecule has 4 rings (SSSR count). The summed E-state index contributed by atoms with van der Waals surface area (Å²) < 4.78 is 11.4. The second kappa shape index (κ2) is 6.56. The van der Waals surface area contributed by atoms with E-state index in [4.69, 9.17) is 9.47 Å². The molecule has 0 bridgehead atoms. The summed E-state index contributed by atoms with van der Waals surface area (Å²) in [6.07, 6.45) is 8.46. The largest absolute Gasteiger partial charge is 0.497 e. The zero-order chi connectivity index (χ0) is 19.2. The Kier molecular flexibility index (Phi) is 4.47. The molecular weight excluding hydrogens is 336 g/mol. The molecule has 0 spiro atoms. The lowest BCUT2D eigenvalue weighted by Crippen LogP contribution is -2.51. The Balaban J connectivity index is 1.69. The molecule has 0 aromatic heterocycles. The van der Waals surface area contributed by atoms with Gasteiger partial charge in [-0.05, 0) is 79.5 Å². The molecule has 0 saturated heterocycles. The Morgan fingerprint density at radius 1 is 1.30 bits per heavy atom. The van der Waals surface area contributed by atoms with Gasteiger partial charge in [-0.3, -0.25) is 4.79 Å².